The summed E-state index contributed by atoms with van der Waals surface area (Å²) >= 11 is 0. The third kappa shape index (κ3) is 7.21. The number of anilines is 1. The van der Waals surface area contributed by atoms with Gasteiger partial charge in [0.05, 0.1) is 0 Å². The van der Waals surface area contributed by atoms with Crippen LogP contribution in [0.25, 0.3) is 0 Å². The van der Waals surface area contributed by atoms with Gasteiger partial charge in [-0.15, -0.1) is 0 Å². The molecule has 0 radical (unpaired) electrons. The van der Waals surface area contributed by atoms with E-state index < -0.39 is 18.0 Å². The molecule has 1 unspecified atom stereocenters. The Balaban J connectivity index is 1.60. The Hall–Kier alpha value is -4.13. The molecule has 7 heteroatoms. The van der Waals surface area contributed by atoms with Gasteiger partial charge in [-0.3, -0.25) is 4.79 Å². The number of rotatable bonds is 8. The maximum atomic E-state index is 12.8. The number of esters is 1. The van der Waals surface area contributed by atoms with Gasteiger partial charge < -0.3 is 20.7 Å². The number of amides is 3. The minimum atomic E-state index is -0.871. The molecule has 0 bridgehead atoms. The second-order valence-electron chi connectivity index (χ2n) is 7.80. The molecule has 1 atom stereocenters. The average Bonchev–Trinajstić information content (AvgIpc) is 2.82. The highest BCUT2D eigenvalue weighted by atomic mass is 16.5. The molecule has 0 aromatic heterocycles. The molecule has 3 amide bonds. The van der Waals surface area contributed by atoms with Crippen LogP contribution in [0.3, 0.4) is 0 Å². The number of hydrogen-bond acceptors (Lipinski definition) is 4. The second kappa shape index (κ2) is 11.5. The van der Waals surface area contributed by atoms with Crippen molar-refractivity contribution in [2.24, 2.45) is 5.92 Å². The molecule has 3 N–H and O–H groups in total. The van der Waals surface area contributed by atoms with Crippen LogP contribution in [-0.4, -0.2) is 23.9 Å². The minimum absolute atomic E-state index is 0.212. The van der Waals surface area contributed by atoms with Crippen LogP contribution < -0.4 is 20.7 Å². The zero-order chi connectivity index (χ0) is 23.6. The zero-order valence-electron chi connectivity index (χ0n) is 18.6. The fraction of sp³-hybridized carbons (Fsp3) is 0.192. The molecule has 3 rings (SSSR count). The lowest BCUT2D eigenvalue weighted by molar-refractivity contribution is -0.137. The smallest absolute Gasteiger partial charge is 0.334 e. The van der Waals surface area contributed by atoms with Gasteiger partial charge in [-0.2, -0.15) is 0 Å². The summed E-state index contributed by atoms with van der Waals surface area (Å²) in [6, 6.07) is 23.5. The average molecular weight is 446 g/mol. The largest absolute Gasteiger partial charge is 0.425 e. The lowest BCUT2D eigenvalue weighted by atomic mass is 10.1. The van der Waals surface area contributed by atoms with Gasteiger partial charge in [0.1, 0.15) is 11.8 Å². The van der Waals surface area contributed by atoms with Crippen LogP contribution in [-0.2, 0) is 11.3 Å². The van der Waals surface area contributed by atoms with Crippen molar-refractivity contribution < 1.29 is 19.1 Å². The van der Waals surface area contributed by atoms with Gasteiger partial charge in [0.25, 0.3) is 5.91 Å². The van der Waals surface area contributed by atoms with Gasteiger partial charge in [0.15, 0.2) is 0 Å². The molecule has 0 saturated heterocycles. The fourth-order valence-corrected chi connectivity index (χ4v) is 3.09. The second-order valence-corrected chi connectivity index (χ2v) is 7.80. The van der Waals surface area contributed by atoms with Crippen molar-refractivity contribution in [1.82, 2.24) is 10.6 Å². The highest BCUT2D eigenvalue weighted by Gasteiger charge is 2.26. The standard InChI is InChI=1S/C26H27N3O4/c1-18(2)23(29-26(32)28-21-13-7-4-8-14-21)25(31)33-22-15-9-12-20(16-22)24(30)27-17-19-10-5-3-6-11-19/h3-16,18,23H,17H2,1-2H3,(H,27,30)(H2,28,29,32). The number of carbonyl (C=O) groups is 3. The van der Waals surface area contributed by atoms with Crippen molar-refractivity contribution in [1.29, 1.82) is 0 Å². The molecule has 7 nitrogen and oxygen atoms in total. The normalized spacial score (nSPS) is 11.4. The van der Waals surface area contributed by atoms with Crippen molar-refractivity contribution in [3.05, 3.63) is 96.1 Å². The Kier molecular flexibility index (Phi) is 8.18. The summed E-state index contributed by atoms with van der Waals surface area (Å²) in [5.41, 5.74) is 1.96. The highest BCUT2D eigenvalue weighted by molar-refractivity contribution is 5.95. The summed E-state index contributed by atoms with van der Waals surface area (Å²) in [6.45, 7) is 4.00. The molecule has 33 heavy (non-hydrogen) atoms. The van der Waals surface area contributed by atoms with E-state index in [2.05, 4.69) is 16.0 Å². The fourth-order valence-electron chi connectivity index (χ4n) is 3.09. The molecule has 0 aliphatic carbocycles. The lowest BCUT2D eigenvalue weighted by Gasteiger charge is -2.21. The number of ether oxygens (including phenoxy) is 1. The van der Waals surface area contributed by atoms with Crippen LogP contribution >= 0.6 is 0 Å². The number of benzene rings is 3. The summed E-state index contributed by atoms with van der Waals surface area (Å²) in [5.74, 6) is -0.882. The first-order valence-corrected chi connectivity index (χ1v) is 10.7. The van der Waals surface area contributed by atoms with E-state index in [1.165, 1.54) is 6.07 Å². The van der Waals surface area contributed by atoms with Gasteiger partial charge in [-0.1, -0.05) is 68.4 Å². The summed E-state index contributed by atoms with van der Waals surface area (Å²) < 4.78 is 5.48. The molecule has 0 fully saturated rings. The van der Waals surface area contributed by atoms with Crippen molar-refractivity contribution in [2.75, 3.05) is 5.32 Å². The van der Waals surface area contributed by atoms with E-state index in [-0.39, 0.29) is 17.6 Å². The van der Waals surface area contributed by atoms with Gasteiger partial charge >= 0.3 is 12.0 Å². The molecule has 170 valence electrons. The van der Waals surface area contributed by atoms with E-state index >= 15 is 0 Å². The Morgan fingerprint density at radius 3 is 2.18 bits per heavy atom. The number of urea groups is 1. The van der Waals surface area contributed by atoms with Crippen LogP contribution in [0.5, 0.6) is 5.75 Å². The van der Waals surface area contributed by atoms with Gasteiger partial charge in [0.2, 0.25) is 0 Å². The number of nitrogens with one attached hydrogen (secondary N) is 3. The van der Waals surface area contributed by atoms with Crippen LogP contribution in [0, 0.1) is 5.92 Å². The maximum absolute atomic E-state index is 12.8. The summed E-state index contributed by atoms with van der Waals surface area (Å²) in [4.78, 5) is 37.6. The highest BCUT2D eigenvalue weighted by Crippen LogP contribution is 2.16. The first kappa shape index (κ1) is 23.5. The Morgan fingerprint density at radius 1 is 0.848 bits per heavy atom. The van der Waals surface area contributed by atoms with Crippen LogP contribution in [0.1, 0.15) is 29.8 Å². The van der Waals surface area contributed by atoms with Gasteiger partial charge in [-0.25, -0.2) is 9.59 Å². The van der Waals surface area contributed by atoms with E-state index in [0.29, 0.717) is 17.8 Å². The SMILES string of the molecule is CC(C)C(NC(=O)Nc1ccccc1)C(=O)Oc1cccc(C(=O)NCc2ccccc2)c1. The minimum Gasteiger partial charge on any atom is -0.425 e. The first-order valence-electron chi connectivity index (χ1n) is 10.7. The lowest BCUT2D eigenvalue weighted by Crippen LogP contribution is -2.48. The molecule has 0 aliphatic heterocycles. The van der Waals surface area contributed by atoms with E-state index in [4.69, 9.17) is 4.74 Å². The third-order valence-electron chi connectivity index (χ3n) is 4.85. The Morgan fingerprint density at radius 2 is 1.52 bits per heavy atom. The van der Waals surface area contributed by atoms with E-state index in [9.17, 15) is 14.4 Å². The molecule has 0 saturated carbocycles. The molecule has 0 heterocycles. The first-order chi connectivity index (χ1) is 15.9. The Labute approximate surface area is 193 Å². The molecule has 3 aromatic rings. The number of hydrogen-bond donors (Lipinski definition) is 3. The molecule has 3 aromatic carbocycles. The van der Waals surface area contributed by atoms with Crippen molar-refractivity contribution in [3.63, 3.8) is 0 Å². The van der Waals surface area contributed by atoms with E-state index in [1.54, 1.807) is 42.5 Å². The molecular weight excluding hydrogens is 418 g/mol. The number of carbonyl (C=O) groups excluding carboxylic acids is 3. The van der Waals surface area contributed by atoms with E-state index in [0.717, 1.165) is 5.56 Å². The van der Waals surface area contributed by atoms with Crippen molar-refractivity contribution in [2.45, 2.75) is 26.4 Å². The summed E-state index contributed by atoms with van der Waals surface area (Å²) in [6.07, 6.45) is 0. The zero-order valence-corrected chi connectivity index (χ0v) is 18.6. The molecular formula is C26H27N3O4. The monoisotopic (exact) mass is 445 g/mol. The maximum Gasteiger partial charge on any atom is 0.334 e. The molecule has 0 spiro atoms. The van der Waals surface area contributed by atoms with Gasteiger partial charge in [0, 0.05) is 17.8 Å². The summed E-state index contributed by atoms with van der Waals surface area (Å²) in [7, 11) is 0. The Bertz CT molecular complexity index is 1080. The van der Waals surface area contributed by atoms with Crippen molar-refractivity contribution in [3.8, 4) is 5.75 Å². The summed E-state index contributed by atoms with van der Waals surface area (Å²) in [5, 5.41) is 8.19. The van der Waals surface area contributed by atoms with Crippen LogP contribution in [0.4, 0.5) is 10.5 Å². The third-order valence-corrected chi connectivity index (χ3v) is 4.85. The predicted octanol–water partition coefficient (Wildman–Crippen LogP) is 4.37. The van der Waals surface area contributed by atoms with Crippen molar-refractivity contribution >= 4 is 23.6 Å². The number of para-hydroxylation sites is 1. The quantitative estimate of drug-likeness (QED) is 0.354. The van der Waals surface area contributed by atoms with Crippen LogP contribution in [0.15, 0.2) is 84.9 Å². The van der Waals surface area contributed by atoms with E-state index in [1.807, 2.05) is 50.2 Å². The van der Waals surface area contributed by atoms with Gasteiger partial charge in [-0.05, 0) is 41.8 Å². The molecule has 0 aliphatic rings. The topological polar surface area (TPSA) is 96.5 Å². The predicted molar refractivity (Wildman–Crippen MR) is 127 cm³/mol. The van der Waals surface area contributed by atoms with Crippen LogP contribution in [0.2, 0.25) is 0 Å².